The zero-order valence-corrected chi connectivity index (χ0v) is 15.7. The van der Waals surface area contributed by atoms with Gasteiger partial charge >= 0.3 is 0 Å². The molecule has 0 aromatic heterocycles. The molecule has 4 aromatic carbocycles. The maximum atomic E-state index is 13.2. The molecule has 0 heterocycles. The highest BCUT2D eigenvalue weighted by Gasteiger charge is 2.24. The van der Waals surface area contributed by atoms with Crippen LogP contribution >= 0.6 is 0 Å². The summed E-state index contributed by atoms with van der Waals surface area (Å²) in [6.45, 7) is 0. The molecule has 0 N–H and O–H groups in total. The van der Waals surface area contributed by atoms with Crippen LogP contribution in [-0.4, -0.2) is 11.6 Å². The van der Waals surface area contributed by atoms with Gasteiger partial charge in [0, 0.05) is 16.9 Å². The van der Waals surface area contributed by atoms with E-state index in [2.05, 4.69) is 0 Å². The third-order valence-electron chi connectivity index (χ3n) is 4.66. The van der Waals surface area contributed by atoms with Gasteiger partial charge in [-0.25, -0.2) is 0 Å². The topological polar surface area (TPSA) is 37.4 Å². The number of benzene rings is 4. The molecule has 0 bridgehead atoms. The standard InChI is InChI=1S/C26H19NO2/c28-25(20-12-4-1-5-13-20)26(29)23-18-10-11-19-24(23)27(21-14-6-2-7-15-21)22-16-8-3-9-17-22/h1-19H. The molecule has 0 saturated heterocycles. The van der Waals surface area contributed by atoms with Gasteiger partial charge in [0.1, 0.15) is 0 Å². The minimum Gasteiger partial charge on any atom is -0.310 e. The van der Waals surface area contributed by atoms with E-state index in [0.717, 1.165) is 11.4 Å². The maximum absolute atomic E-state index is 13.2. The van der Waals surface area contributed by atoms with Crippen LogP contribution in [-0.2, 0) is 0 Å². The number of hydrogen-bond acceptors (Lipinski definition) is 3. The average molecular weight is 377 g/mol. The van der Waals surface area contributed by atoms with Crippen molar-refractivity contribution in [2.75, 3.05) is 4.90 Å². The van der Waals surface area contributed by atoms with Crippen LogP contribution in [0.15, 0.2) is 115 Å². The van der Waals surface area contributed by atoms with Gasteiger partial charge in [0.2, 0.25) is 11.6 Å². The van der Waals surface area contributed by atoms with Crippen LogP contribution in [0.1, 0.15) is 20.7 Å². The van der Waals surface area contributed by atoms with Crippen LogP contribution in [0.2, 0.25) is 0 Å². The smallest absolute Gasteiger partial charge is 0.235 e. The predicted octanol–water partition coefficient (Wildman–Crippen LogP) is 6.22. The van der Waals surface area contributed by atoms with Gasteiger partial charge in [-0.1, -0.05) is 78.9 Å². The van der Waals surface area contributed by atoms with Gasteiger partial charge < -0.3 is 4.90 Å². The molecule has 0 aliphatic carbocycles. The van der Waals surface area contributed by atoms with Gasteiger partial charge in [-0.15, -0.1) is 0 Å². The van der Waals surface area contributed by atoms with E-state index in [4.69, 9.17) is 0 Å². The molecule has 0 aliphatic rings. The van der Waals surface area contributed by atoms with Crippen molar-refractivity contribution in [2.24, 2.45) is 0 Å². The molecule has 3 heteroatoms. The highest BCUT2D eigenvalue weighted by atomic mass is 16.2. The molecular weight excluding hydrogens is 358 g/mol. The summed E-state index contributed by atoms with van der Waals surface area (Å²) in [7, 11) is 0. The minimum atomic E-state index is -0.524. The van der Waals surface area contributed by atoms with E-state index in [1.807, 2.05) is 83.8 Å². The summed E-state index contributed by atoms with van der Waals surface area (Å²) in [5, 5.41) is 0. The number of nitrogens with zero attached hydrogens (tertiary/aromatic N) is 1. The Balaban J connectivity index is 1.83. The lowest BCUT2D eigenvalue weighted by atomic mass is 9.99. The first-order valence-electron chi connectivity index (χ1n) is 9.39. The Morgan fingerprint density at radius 3 is 1.48 bits per heavy atom. The number of rotatable bonds is 6. The first-order chi connectivity index (χ1) is 14.3. The summed E-state index contributed by atoms with van der Waals surface area (Å²) >= 11 is 0. The third kappa shape index (κ3) is 3.85. The first-order valence-corrected chi connectivity index (χ1v) is 9.39. The Bertz CT molecular complexity index is 1080. The van der Waals surface area contributed by atoms with Crippen LogP contribution in [0, 0.1) is 0 Å². The fourth-order valence-corrected chi connectivity index (χ4v) is 3.28. The Hall–Kier alpha value is -3.98. The Morgan fingerprint density at radius 2 is 0.931 bits per heavy atom. The fraction of sp³-hybridized carbons (Fsp3) is 0. The van der Waals surface area contributed by atoms with Crippen molar-refractivity contribution < 1.29 is 9.59 Å². The van der Waals surface area contributed by atoms with Crippen LogP contribution < -0.4 is 4.90 Å². The fourth-order valence-electron chi connectivity index (χ4n) is 3.28. The van der Waals surface area contributed by atoms with Gasteiger partial charge in [0.25, 0.3) is 0 Å². The lowest BCUT2D eigenvalue weighted by Gasteiger charge is -2.27. The van der Waals surface area contributed by atoms with E-state index in [0.29, 0.717) is 16.8 Å². The first kappa shape index (κ1) is 18.4. The molecule has 29 heavy (non-hydrogen) atoms. The summed E-state index contributed by atoms with van der Waals surface area (Å²) in [4.78, 5) is 28.0. The molecule has 0 spiro atoms. The van der Waals surface area contributed by atoms with Gasteiger partial charge in [-0.05, 0) is 36.4 Å². The Kier molecular flexibility index (Phi) is 5.30. The molecule has 0 fully saturated rings. The molecule has 0 radical (unpaired) electrons. The molecule has 140 valence electrons. The molecule has 0 unspecified atom stereocenters. The number of para-hydroxylation sites is 3. The molecule has 0 amide bonds. The molecular formula is C26H19NO2. The van der Waals surface area contributed by atoms with Crippen LogP contribution in [0.5, 0.6) is 0 Å². The zero-order valence-electron chi connectivity index (χ0n) is 15.7. The van der Waals surface area contributed by atoms with Crippen LogP contribution in [0.25, 0.3) is 0 Å². The SMILES string of the molecule is O=C(C(=O)c1ccccc1N(c1ccccc1)c1ccccc1)c1ccccc1. The van der Waals surface area contributed by atoms with Gasteiger partial charge in [-0.2, -0.15) is 0 Å². The monoisotopic (exact) mass is 377 g/mol. The summed E-state index contributed by atoms with van der Waals surface area (Å²) in [6, 6.07) is 35.5. The lowest BCUT2D eigenvalue weighted by molar-refractivity contribution is 0.0817. The number of Topliss-reactive ketones (excluding diaryl/α,β-unsaturated/α-hetero) is 2. The number of anilines is 3. The van der Waals surface area contributed by atoms with Crippen molar-refractivity contribution in [3.8, 4) is 0 Å². The van der Waals surface area contributed by atoms with E-state index in [1.165, 1.54) is 0 Å². The molecule has 4 rings (SSSR count). The van der Waals surface area contributed by atoms with Crippen LogP contribution in [0.4, 0.5) is 17.1 Å². The largest absolute Gasteiger partial charge is 0.310 e. The van der Waals surface area contributed by atoms with Crippen molar-refractivity contribution in [2.45, 2.75) is 0 Å². The Morgan fingerprint density at radius 1 is 0.483 bits per heavy atom. The number of carbonyl (C=O) groups is 2. The Labute approximate surface area is 169 Å². The number of carbonyl (C=O) groups excluding carboxylic acids is 2. The highest BCUT2D eigenvalue weighted by Crippen LogP contribution is 2.36. The van der Waals surface area contributed by atoms with Crippen molar-refractivity contribution in [3.63, 3.8) is 0 Å². The second-order valence-corrected chi connectivity index (χ2v) is 6.55. The van der Waals surface area contributed by atoms with E-state index in [-0.39, 0.29) is 0 Å². The van der Waals surface area contributed by atoms with Crippen LogP contribution in [0.3, 0.4) is 0 Å². The highest BCUT2D eigenvalue weighted by molar-refractivity contribution is 6.50. The minimum absolute atomic E-state index is 0.369. The average Bonchev–Trinajstić information content (AvgIpc) is 2.81. The van der Waals surface area contributed by atoms with Gasteiger partial charge in [0.05, 0.1) is 11.3 Å². The summed E-state index contributed by atoms with van der Waals surface area (Å²) in [5.41, 5.74) is 3.24. The molecule has 0 atom stereocenters. The number of hydrogen-bond donors (Lipinski definition) is 0. The van der Waals surface area contributed by atoms with E-state index in [9.17, 15) is 9.59 Å². The van der Waals surface area contributed by atoms with E-state index < -0.39 is 11.6 Å². The number of ketones is 2. The lowest BCUT2D eigenvalue weighted by Crippen LogP contribution is -2.19. The third-order valence-corrected chi connectivity index (χ3v) is 4.66. The van der Waals surface area contributed by atoms with Crippen molar-refractivity contribution >= 4 is 28.6 Å². The van der Waals surface area contributed by atoms with Crippen molar-refractivity contribution in [3.05, 3.63) is 126 Å². The normalized spacial score (nSPS) is 10.3. The van der Waals surface area contributed by atoms with E-state index in [1.54, 1.807) is 36.4 Å². The molecule has 0 saturated carbocycles. The second-order valence-electron chi connectivity index (χ2n) is 6.55. The molecule has 0 aliphatic heterocycles. The van der Waals surface area contributed by atoms with Crippen molar-refractivity contribution in [1.29, 1.82) is 0 Å². The van der Waals surface area contributed by atoms with Gasteiger partial charge in [0.15, 0.2) is 0 Å². The maximum Gasteiger partial charge on any atom is 0.235 e. The summed E-state index contributed by atoms with van der Waals surface area (Å²) in [6.07, 6.45) is 0. The summed E-state index contributed by atoms with van der Waals surface area (Å²) in [5.74, 6) is -1.04. The zero-order chi connectivity index (χ0) is 20.1. The predicted molar refractivity (Wildman–Crippen MR) is 116 cm³/mol. The second kappa shape index (κ2) is 8.36. The molecule has 4 aromatic rings. The quantitative estimate of drug-likeness (QED) is 0.296. The van der Waals surface area contributed by atoms with Gasteiger partial charge in [-0.3, -0.25) is 9.59 Å². The summed E-state index contributed by atoms with van der Waals surface area (Å²) < 4.78 is 0. The van der Waals surface area contributed by atoms with Crippen molar-refractivity contribution in [1.82, 2.24) is 0 Å². The van der Waals surface area contributed by atoms with E-state index >= 15 is 0 Å². The molecule has 3 nitrogen and oxygen atoms in total.